The monoisotopic (exact) mass is 224 g/mol. The van der Waals surface area contributed by atoms with Crippen LogP contribution in [0.3, 0.4) is 0 Å². The molecule has 1 heterocycles. The molecule has 0 unspecified atom stereocenters. The van der Waals surface area contributed by atoms with Crippen LogP contribution in [0.2, 0.25) is 0 Å². The maximum atomic E-state index is 4.14. The lowest BCUT2D eigenvalue weighted by molar-refractivity contribution is 0.434. The average Bonchev–Trinajstić information content (AvgIpc) is 2.74. The Hall–Kier alpha value is -0.410. The summed E-state index contributed by atoms with van der Waals surface area (Å²) < 4.78 is 0. The van der Waals surface area contributed by atoms with Crippen molar-refractivity contribution in [3.63, 3.8) is 0 Å². The molecule has 0 atom stereocenters. The fourth-order valence-electron chi connectivity index (χ4n) is 1.92. The highest BCUT2D eigenvalue weighted by molar-refractivity contribution is 7.09. The number of hydrogen-bond acceptors (Lipinski definition) is 3. The van der Waals surface area contributed by atoms with E-state index in [4.69, 9.17) is 0 Å². The molecule has 0 radical (unpaired) electrons. The highest BCUT2D eigenvalue weighted by atomic mass is 32.1. The van der Waals surface area contributed by atoms with E-state index in [-0.39, 0.29) is 0 Å². The minimum Gasteiger partial charge on any atom is -0.316 e. The predicted molar refractivity (Wildman–Crippen MR) is 65.2 cm³/mol. The molecule has 0 spiro atoms. The highest BCUT2D eigenvalue weighted by Crippen LogP contribution is 2.48. The van der Waals surface area contributed by atoms with Crippen LogP contribution in [-0.2, 0) is 6.42 Å². The summed E-state index contributed by atoms with van der Waals surface area (Å²) in [7, 11) is 0. The standard InChI is InChI=1S/C12H20N2S/c1-10(2)6-13-8-12(3-4-12)5-11-7-14-9-15-11/h7,9-10,13H,3-6,8H2,1-2H3. The average molecular weight is 224 g/mol. The lowest BCUT2D eigenvalue weighted by Crippen LogP contribution is -2.28. The summed E-state index contributed by atoms with van der Waals surface area (Å²) in [6.07, 6.45) is 6.02. The first-order valence-corrected chi connectivity index (χ1v) is 6.66. The summed E-state index contributed by atoms with van der Waals surface area (Å²) in [5, 5.41) is 3.58. The van der Waals surface area contributed by atoms with E-state index in [0.29, 0.717) is 5.41 Å². The summed E-state index contributed by atoms with van der Waals surface area (Å²) >= 11 is 1.79. The van der Waals surface area contributed by atoms with Gasteiger partial charge in [-0.05, 0) is 37.1 Å². The molecule has 0 amide bonds. The van der Waals surface area contributed by atoms with E-state index in [1.807, 2.05) is 11.7 Å². The van der Waals surface area contributed by atoms with Crippen LogP contribution in [0.4, 0.5) is 0 Å². The van der Waals surface area contributed by atoms with Crippen molar-refractivity contribution in [1.82, 2.24) is 10.3 Å². The first kappa shape index (κ1) is 11.1. The van der Waals surface area contributed by atoms with Crippen molar-refractivity contribution < 1.29 is 0 Å². The Kier molecular flexibility index (Phi) is 3.42. The van der Waals surface area contributed by atoms with Crippen LogP contribution >= 0.6 is 11.3 Å². The van der Waals surface area contributed by atoms with Crippen molar-refractivity contribution in [2.75, 3.05) is 13.1 Å². The molecule has 1 saturated carbocycles. The smallest absolute Gasteiger partial charge is 0.0794 e. The lowest BCUT2D eigenvalue weighted by atomic mass is 10.0. The third kappa shape index (κ3) is 3.28. The Labute approximate surface area is 96.1 Å². The number of rotatable bonds is 6. The topological polar surface area (TPSA) is 24.9 Å². The van der Waals surface area contributed by atoms with E-state index in [2.05, 4.69) is 24.1 Å². The van der Waals surface area contributed by atoms with Crippen LogP contribution in [-0.4, -0.2) is 18.1 Å². The normalized spacial score (nSPS) is 18.3. The number of hydrogen-bond donors (Lipinski definition) is 1. The van der Waals surface area contributed by atoms with Gasteiger partial charge in [-0.2, -0.15) is 0 Å². The summed E-state index contributed by atoms with van der Waals surface area (Å²) in [5.41, 5.74) is 2.51. The van der Waals surface area contributed by atoms with Gasteiger partial charge in [-0.25, -0.2) is 0 Å². The van der Waals surface area contributed by atoms with Gasteiger partial charge in [-0.15, -0.1) is 11.3 Å². The third-order valence-electron chi connectivity index (χ3n) is 3.04. The van der Waals surface area contributed by atoms with Crippen LogP contribution in [0.25, 0.3) is 0 Å². The Bertz CT molecular complexity index is 289. The third-order valence-corrected chi connectivity index (χ3v) is 3.82. The van der Waals surface area contributed by atoms with Gasteiger partial charge in [0.15, 0.2) is 0 Å². The molecule has 1 N–H and O–H groups in total. The van der Waals surface area contributed by atoms with Crippen molar-refractivity contribution in [1.29, 1.82) is 0 Å². The fraction of sp³-hybridized carbons (Fsp3) is 0.750. The highest BCUT2D eigenvalue weighted by Gasteiger charge is 2.42. The molecule has 0 bridgehead atoms. The maximum absolute atomic E-state index is 4.14. The summed E-state index contributed by atoms with van der Waals surface area (Å²) in [5.74, 6) is 0.754. The Balaban J connectivity index is 1.76. The minimum atomic E-state index is 0.571. The molecule has 84 valence electrons. The SMILES string of the molecule is CC(C)CNCC1(Cc2cncs2)CC1. The molecular weight excluding hydrogens is 204 g/mol. The summed E-state index contributed by atoms with van der Waals surface area (Å²) in [6, 6.07) is 0. The van der Waals surface area contributed by atoms with Gasteiger partial charge in [-0.1, -0.05) is 13.8 Å². The van der Waals surface area contributed by atoms with Gasteiger partial charge in [0.2, 0.25) is 0 Å². The molecule has 15 heavy (non-hydrogen) atoms. The second-order valence-corrected chi connectivity index (χ2v) is 6.14. The summed E-state index contributed by atoms with van der Waals surface area (Å²) in [4.78, 5) is 5.58. The molecule has 1 aromatic rings. The van der Waals surface area contributed by atoms with Crippen molar-refractivity contribution in [3.8, 4) is 0 Å². The Morgan fingerprint density at radius 1 is 1.53 bits per heavy atom. The van der Waals surface area contributed by atoms with E-state index in [1.54, 1.807) is 11.3 Å². The van der Waals surface area contributed by atoms with Gasteiger partial charge >= 0.3 is 0 Å². The van der Waals surface area contributed by atoms with Crippen molar-refractivity contribution in [3.05, 3.63) is 16.6 Å². The van der Waals surface area contributed by atoms with E-state index in [9.17, 15) is 0 Å². The van der Waals surface area contributed by atoms with E-state index >= 15 is 0 Å². The zero-order valence-corrected chi connectivity index (χ0v) is 10.4. The van der Waals surface area contributed by atoms with Crippen LogP contribution < -0.4 is 5.32 Å². The van der Waals surface area contributed by atoms with Gasteiger partial charge in [0.1, 0.15) is 0 Å². The van der Waals surface area contributed by atoms with Gasteiger partial charge < -0.3 is 5.32 Å². The number of aromatic nitrogens is 1. The number of thiazole rings is 1. The maximum Gasteiger partial charge on any atom is 0.0794 e. The van der Waals surface area contributed by atoms with Crippen LogP contribution in [0.1, 0.15) is 31.6 Å². The molecule has 2 rings (SSSR count). The van der Waals surface area contributed by atoms with Gasteiger partial charge in [0.25, 0.3) is 0 Å². The largest absolute Gasteiger partial charge is 0.316 e. The molecule has 0 aliphatic heterocycles. The van der Waals surface area contributed by atoms with Crippen LogP contribution in [0.15, 0.2) is 11.7 Å². The van der Waals surface area contributed by atoms with Crippen molar-refractivity contribution >= 4 is 11.3 Å². The van der Waals surface area contributed by atoms with E-state index < -0.39 is 0 Å². The number of nitrogens with one attached hydrogen (secondary N) is 1. The molecule has 0 saturated heterocycles. The molecule has 1 aliphatic rings. The zero-order chi connectivity index (χ0) is 10.7. The predicted octanol–water partition coefficient (Wildman–Crippen LogP) is 2.71. The molecule has 2 nitrogen and oxygen atoms in total. The van der Waals surface area contributed by atoms with Crippen LogP contribution in [0, 0.1) is 11.3 Å². The molecular formula is C12H20N2S. The summed E-state index contributed by atoms with van der Waals surface area (Å²) in [6.45, 7) is 6.85. The molecule has 3 heteroatoms. The van der Waals surface area contributed by atoms with E-state index in [1.165, 1.54) is 30.7 Å². The zero-order valence-electron chi connectivity index (χ0n) is 9.62. The van der Waals surface area contributed by atoms with Crippen LogP contribution in [0.5, 0.6) is 0 Å². The van der Waals surface area contributed by atoms with E-state index in [0.717, 1.165) is 12.5 Å². The molecule has 1 aliphatic carbocycles. The van der Waals surface area contributed by atoms with Gasteiger partial charge in [0.05, 0.1) is 5.51 Å². The van der Waals surface area contributed by atoms with Gasteiger partial charge in [-0.3, -0.25) is 4.98 Å². The molecule has 1 fully saturated rings. The molecule has 1 aromatic heterocycles. The fourth-order valence-corrected chi connectivity index (χ4v) is 2.69. The van der Waals surface area contributed by atoms with Crippen molar-refractivity contribution in [2.24, 2.45) is 11.3 Å². The number of nitrogens with zero attached hydrogens (tertiary/aromatic N) is 1. The first-order valence-electron chi connectivity index (χ1n) is 5.78. The minimum absolute atomic E-state index is 0.571. The van der Waals surface area contributed by atoms with Crippen molar-refractivity contribution in [2.45, 2.75) is 33.1 Å². The Morgan fingerprint density at radius 2 is 2.33 bits per heavy atom. The Morgan fingerprint density at radius 3 is 2.87 bits per heavy atom. The second-order valence-electron chi connectivity index (χ2n) is 5.17. The second kappa shape index (κ2) is 4.62. The lowest BCUT2D eigenvalue weighted by Gasteiger charge is -2.15. The quantitative estimate of drug-likeness (QED) is 0.803. The molecule has 0 aromatic carbocycles. The first-order chi connectivity index (χ1) is 7.20. The van der Waals surface area contributed by atoms with Gasteiger partial charge in [0, 0.05) is 17.6 Å².